The summed E-state index contributed by atoms with van der Waals surface area (Å²) in [5.74, 6) is 1.52. The third-order valence-corrected chi connectivity index (χ3v) is 14.6. The van der Waals surface area contributed by atoms with Gasteiger partial charge < -0.3 is 0 Å². The van der Waals surface area contributed by atoms with E-state index in [1.54, 1.807) is 11.1 Å². The topological polar surface area (TPSA) is 0 Å². The molecule has 4 unspecified atom stereocenters. The van der Waals surface area contributed by atoms with E-state index < -0.39 is 0 Å². The summed E-state index contributed by atoms with van der Waals surface area (Å²) in [5.41, 5.74) is 23.2. The molecule has 0 aliphatic heterocycles. The van der Waals surface area contributed by atoms with Gasteiger partial charge >= 0.3 is 0 Å². The third-order valence-electron chi connectivity index (χ3n) is 14.6. The molecule has 58 heavy (non-hydrogen) atoms. The lowest BCUT2D eigenvalue weighted by Gasteiger charge is -2.34. The van der Waals surface area contributed by atoms with Gasteiger partial charge in [0.05, 0.1) is 0 Å². The first-order valence-corrected chi connectivity index (χ1v) is 21.7. The van der Waals surface area contributed by atoms with Crippen LogP contribution in [0.2, 0.25) is 0 Å². The largest absolute Gasteiger partial charge is 0.0839 e. The smallest absolute Gasteiger partial charge is 0.0206 e. The van der Waals surface area contributed by atoms with E-state index in [-0.39, 0.29) is 0 Å². The van der Waals surface area contributed by atoms with Gasteiger partial charge in [0.15, 0.2) is 0 Å². The Balaban J connectivity index is 1.10. The van der Waals surface area contributed by atoms with Crippen molar-refractivity contribution in [2.24, 2.45) is 23.7 Å². The van der Waals surface area contributed by atoms with Crippen molar-refractivity contribution in [3.05, 3.63) is 215 Å². The molecule has 4 atom stereocenters. The molecule has 0 aromatic heterocycles. The van der Waals surface area contributed by atoms with Crippen molar-refractivity contribution in [2.75, 3.05) is 0 Å². The molecule has 0 bridgehead atoms. The van der Waals surface area contributed by atoms with Crippen LogP contribution in [0.4, 0.5) is 0 Å². The Kier molecular flexibility index (Phi) is 7.14. The first kappa shape index (κ1) is 32.8. The number of rotatable bonds is 4. The van der Waals surface area contributed by atoms with Crippen molar-refractivity contribution >= 4 is 43.8 Å². The van der Waals surface area contributed by atoms with Crippen LogP contribution in [0.15, 0.2) is 192 Å². The van der Waals surface area contributed by atoms with E-state index in [1.165, 1.54) is 99.5 Å². The van der Waals surface area contributed by atoms with Crippen LogP contribution >= 0.6 is 0 Å². The summed E-state index contributed by atoms with van der Waals surface area (Å²) in [5, 5.41) is 5.60. The first-order valence-electron chi connectivity index (χ1n) is 21.7. The number of fused-ring (bicyclic) bond motifs is 8. The summed E-state index contributed by atoms with van der Waals surface area (Å²) < 4.78 is 0. The number of allylic oxidation sites excluding steroid dienone is 22. The lowest BCUT2D eigenvalue weighted by atomic mass is 9.69. The maximum absolute atomic E-state index is 2.65. The summed E-state index contributed by atoms with van der Waals surface area (Å²) in [7, 11) is 0. The molecule has 0 saturated carbocycles. The van der Waals surface area contributed by atoms with Gasteiger partial charge in [0.2, 0.25) is 0 Å². The Hall–Kier alpha value is -6.24. The maximum Gasteiger partial charge on any atom is 0.0206 e. The van der Waals surface area contributed by atoms with Gasteiger partial charge in [-0.05, 0) is 155 Å². The minimum atomic E-state index is 0.316. The molecule has 276 valence electrons. The molecule has 13 rings (SSSR count). The lowest BCUT2D eigenvalue weighted by Crippen LogP contribution is -2.21. The van der Waals surface area contributed by atoms with Crippen LogP contribution in [0.25, 0.3) is 66.1 Å². The van der Waals surface area contributed by atoms with Crippen LogP contribution in [0.1, 0.15) is 60.8 Å². The summed E-state index contributed by atoms with van der Waals surface area (Å²) in [6, 6.07) is 32.5. The molecule has 0 N–H and O–H groups in total. The molecule has 0 nitrogen and oxygen atoms in total. The number of benzene rings is 5. The van der Waals surface area contributed by atoms with E-state index in [0.29, 0.717) is 23.7 Å². The Labute approximate surface area is 341 Å². The molecule has 5 aromatic rings. The van der Waals surface area contributed by atoms with E-state index in [4.69, 9.17) is 0 Å². The van der Waals surface area contributed by atoms with Crippen LogP contribution in [0, 0.1) is 23.7 Å². The molecule has 0 heterocycles. The van der Waals surface area contributed by atoms with E-state index in [0.717, 1.165) is 38.5 Å². The van der Waals surface area contributed by atoms with Crippen LogP contribution in [-0.4, -0.2) is 0 Å². The molecule has 0 heteroatoms. The van der Waals surface area contributed by atoms with Crippen LogP contribution < -0.4 is 0 Å². The first-order chi connectivity index (χ1) is 28.8. The zero-order chi connectivity index (χ0) is 37.9. The maximum atomic E-state index is 2.65. The molecule has 5 aromatic carbocycles. The van der Waals surface area contributed by atoms with Crippen LogP contribution in [0.5, 0.6) is 0 Å². The van der Waals surface area contributed by atoms with E-state index in [1.807, 2.05) is 0 Å². The Morgan fingerprint density at radius 2 is 1.33 bits per heavy atom. The van der Waals surface area contributed by atoms with Gasteiger partial charge in [-0.2, -0.15) is 0 Å². The minimum absolute atomic E-state index is 0.316. The van der Waals surface area contributed by atoms with Crippen molar-refractivity contribution in [1.29, 1.82) is 0 Å². The highest BCUT2D eigenvalue weighted by molar-refractivity contribution is 6.30. The lowest BCUT2D eigenvalue weighted by molar-refractivity contribution is 0.660. The second-order valence-electron chi connectivity index (χ2n) is 17.5. The SMILES string of the molecule is C1=CCC(C2=CCCC=C2C2C=CC3=C(C2)c2cc4c(-c5ccccc5)c5c(c(-c6ccccc6)c4c4cccc3c24)C2=CC3=C(C=CCC3)C3C=CC=C5C23)C=C1. The predicted molar refractivity (Wildman–Crippen MR) is 246 cm³/mol. The fraction of sp³-hybridized carbons (Fsp3) is 0.172. The van der Waals surface area contributed by atoms with Crippen LogP contribution in [-0.2, 0) is 0 Å². The van der Waals surface area contributed by atoms with Crippen molar-refractivity contribution in [3.63, 3.8) is 0 Å². The summed E-state index contributed by atoms with van der Waals surface area (Å²) in [4.78, 5) is 0. The highest BCUT2D eigenvalue weighted by atomic mass is 14.5. The van der Waals surface area contributed by atoms with Crippen molar-refractivity contribution < 1.29 is 0 Å². The van der Waals surface area contributed by atoms with Gasteiger partial charge in [-0.3, -0.25) is 0 Å². The number of hydrogen-bond donors (Lipinski definition) is 0. The molecular formula is C58H44. The molecule has 8 aliphatic rings. The average Bonchev–Trinajstić information content (AvgIpc) is 3.79. The van der Waals surface area contributed by atoms with Gasteiger partial charge in [-0.15, -0.1) is 0 Å². The molecule has 0 radical (unpaired) electrons. The summed E-state index contributed by atoms with van der Waals surface area (Å²) in [6.07, 6.45) is 40.8. The van der Waals surface area contributed by atoms with Gasteiger partial charge in [-0.25, -0.2) is 0 Å². The Bertz CT molecular complexity index is 3030. The van der Waals surface area contributed by atoms with Crippen molar-refractivity contribution in [1.82, 2.24) is 0 Å². The molecular weight excluding hydrogens is 697 g/mol. The zero-order valence-electron chi connectivity index (χ0n) is 32.7. The molecule has 8 aliphatic carbocycles. The van der Waals surface area contributed by atoms with E-state index >= 15 is 0 Å². The quantitative estimate of drug-likeness (QED) is 0.161. The highest BCUT2D eigenvalue weighted by Crippen LogP contribution is 2.63. The van der Waals surface area contributed by atoms with Gasteiger partial charge in [-0.1, -0.05) is 164 Å². The summed E-state index contributed by atoms with van der Waals surface area (Å²) in [6.45, 7) is 0. The summed E-state index contributed by atoms with van der Waals surface area (Å²) >= 11 is 0. The highest BCUT2D eigenvalue weighted by Gasteiger charge is 2.45. The second-order valence-corrected chi connectivity index (χ2v) is 17.5. The molecule has 0 amide bonds. The molecule has 0 fully saturated rings. The average molecular weight is 741 g/mol. The monoisotopic (exact) mass is 740 g/mol. The normalized spacial score (nSPS) is 24.4. The van der Waals surface area contributed by atoms with E-state index in [2.05, 4.69) is 170 Å². The minimum Gasteiger partial charge on any atom is -0.0839 e. The van der Waals surface area contributed by atoms with Gasteiger partial charge in [0.25, 0.3) is 0 Å². The molecule has 0 spiro atoms. The van der Waals surface area contributed by atoms with Gasteiger partial charge in [0, 0.05) is 23.7 Å². The Morgan fingerprint density at radius 1 is 0.534 bits per heavy atom. The standard InChI is InChI=1S/C58H44/c1-4-16-35(17-5-1)40-23-12-13-24-41(40)39-30-31-43-45-27-15-28-46-54(45)49(48(43)32-39)34-51-52(36-18-6-2-7-19-36)57-47-29-14-26-44-42-25-11-10-22-38(42)33-50(55(44)47)58(57)53(56(46)51)37-20-8-3-9-21-37/h1-9,11,14-16,18-21,23-31,33-35,39,44,55H,10,12-13,17,22,32H2. The van der Waals surface area contributed by atoms with Crippen molar-refractivity contribution in [3.8, 4) is 22.3 Å². The Morgan fingerprint density at radius 3 is 2.14 bits per heavy atom. The van der Waals surface area contributed by atoms with Gasteiger partial charge in [0.1, 0.15) is 0 Å². The fourth-order valence-electron chi connectivity index (χ4n) is 12.2. The van der Waals surface area contributed by atoms with Crippen molar-refractivity contribution in [2.45, 2.75) is 38.5 Å². The predicted octanol–water partition coefficient (Wildman–Crippen LogP) is 15.1. The second kappa shape index (κ2) is 12.6. The fourth-order valence-corrected chi connectivity index (χ4v) is 12.2. The zero-order valence-corrected chi connectivity index (χ0v) is 32.7. The van der Waals surface area contributed by atoms with Crippen LogP contribution in [0.3, 0.4) is 0 Å². The third kappa shape index (κ3) is 4.58. The van der Waals surface area contributed by atoms with E-state index in [9.17, 15) is 0 Å². The molecule has 0 saturated heterocycles. The number of hydrogen-bond acceptors (Lipinski definition) is 0.